The second kappa shape index (κ2) is 9.48. The standard InChI is InChI=1S/C23H22Cl2F3N3O4/c24-15-3-2-14(9-16(15)25)35-12-19(33)30-22-7-5-21(6-8-22,10-18(22)32)31-20(34)17-4-1-13(11-29-17)23(26,27)28/h1-4,9,11,18,32H,5-8,10,12H2,(H,30,33)(H,31,34)/t18-,21?,22?/m0/s1. The summed E-state index contributed by atoms with van der Waals surface area (Å²) in [5, 5.41) is 17.2. The molecule has 3 N–H and O–H groups in total. The number of alkyl halides is 3. The molecule has 1 heterocycles. The van der Waals surface area contributed by atoms with Gasteiger partial charge < -0.3 is 20.5 Å². The Kier molecular flexibility index (Phi) is 6.91. The molecule has 3 aliphatic rings. The second-order valence-electron chi connectivity index (χ2n) is 8.95. The fourth-order valence-electron chi connectivity index (χ4n) is 4.69. The van der Waals surface area contributed by atoms with Gasteiger partial charge in [-0.2, -0.15) is 13.2 Å². The molecule has 0 saturated heterocycles. The van der Waals surface area contributed by atoms with Crippen molar-refractivity contribution in [1.82, 2.24) is 15.6 Å². The van der Waals surface area contributed by atoms with Crippen LogP contribution in [0.25, 0.3) is 0 Å². The van der Waals surface area contributed by atoms with Crippen LogP contribution in [0.4, 0.5) is 13.2 Å². The topological polar surface area (TPSA) is 101 Å². The Hall–Kier alpha value is -2.56. The number of fused-ring (bicyclic) bond motifs is 3. The Morgan fingerprint density at radius 1 is 1.09 bits per heavy atom. The van der Waals surface area contributed by atoms with Gasteiger partial charge in [0.05, 0.1) is 27.3 Å². The Morgan fingerprint density at radius 2 is 1.80 bits per heavy atom. The van der Waals surface area contributed by atoms with Gasteiger partial charge in [-0.05, 0) is 56.4 Å². The van der Waals surface area contributed by atoms with Crippen molar-refractivity contribution in [2.45, 2.75) is 55.5 Å². The van der Waals surface area contributed by atoms with Crippen molar-refractivity contribution < 1.29 is 32.6 Å². The van der Waals surface area contributed by atoms with Crippen molar-refractivity contribution in [3.8, 4) is 5.75 Å². The van der Waals surface area contributed by atoms with E-state index in [0.717, 1.165) is 12.1 Å². The van der Waals surface area contributed by atoms with E-state index in [1.165, 1.54) is 6.07 Å². The molecular formula is C23H22Cl2F3N3O4. The molecule has 1 aromatic carbocycles. The number of aliphatic hydroxyl groups is 1. The van der Waals surface area contributed by atoms with Crippen LogP contribution < -0.4 is 15.4 Å². The van der Waals surface area contributed by atoms with Crippen LogP contribution in [-0.4, -0.2) is 45.7 Å². The summed E-state index contributed by atoms with van der Waals surface area (Å²) in [4.78, 5) is 28.8. The second-order valence-corrected chi connectivity index (χ2v) is 9.77. The van der Waals surface area contributed by atoms with Crippen LogP contribution in [0, 0.1) is 0 Å². The molecule has 0 radical (unpaired) electrons. The first-order valence-electron chi connectivity index (χ1n) is 10.8. The normalized spacial score (nSPS) is 25.7. The first kappa shape index (κ1) is 25.5. The number of hydrogen-bond donors (Lipinski definition) is 3. The zero-order chi connectivity index (χ0) is 25.4. The summed E-state index contributed by atoms with van der Waals surface area (Å²) in [6, 6.07) is 6.45. The first-order chi connectivity index (χ1) is 16.4. The minimum Gasteiger partial charge on any atom is -0.484 e. The van der Waals surface area contributed by atoms with E-state index in [-0.39, 0.29) is 18.7 Å². The maximum absolute atomic E-state index is 12.7. The van der Waals surface area contributed by atoms with E-state index in [4.69, 9.17) is 27.9 Å². The number of nitrogens with one attached hydrogen (secondary N) is 2. The third kappa shape index (κ3) is 5.49. The third-order valence-electron chi connectivity index (χ3n) is 6.67. The fraction of sp³-hybridized carbons (Fsp3) is 0.435. The average molecular weight is 532 g/mol. The zero-order valence-corrected chi connectivity index (χ0v) is 19.8. The molecule has 12 heteroatoms. The lowest BCUT2D eigenvalue weighted by Crippen LogP contribution is -2.70. The number of aliphatic hydroxyl groups excluding tert-OH is 1. The van der Waals surface area contributed by atoms with Gasteiger partial charge >= 0.3 is 6.18 Å². The predicted molar refractivity (Wildman–Crippen MR) is 121 cm³/mol. The van der Waals surface area contributed by atoms with E-state index in [9.17, 15) is 27.9 Å². The van der Waals surface area contributed by atoms with Gasteiger partial charge in [-0.3, -0.25) is 14.6 Å². The quantitative estimate of drug-likeness (QED) is 0.519. The maximum Gasteiger partial charge on any atom is 0.417 e. The monoisotopic (exact) mass is 531 g/mol. The van der Waals surface area contributed by atoms with Crippen LogP contribution in [0.3, 0.4) is 0 Å². The minimum absolute atomic E-state index is 0.142. The molecule has 3 saturated carbocycles. The number of aromatic nitrogens is 1. The van der Waals surface area contributed by atoms with Crippen molar-refractivity contribution in [1.29, 1.82) is 0 Å². The number of carbonyl (C=O) groups excluding carboxylic acids is 2. The van der Waals surface area contributed by atoms with Gasteiger partial charge in [-0.25, -0.2) is 0 Å². The summed E-state index contributed by atoms with van der Waals surface area (Å²) in [6.45, 7) is -0.284. The number of rotatable bonds is 6. The average Bonchev–Trinajstić information content (AvgIpc) is 2.80. The highest BCUT2D eigenvalue weighted by Gasteiger charge is 2.55. The van der Waals surface area contributed by atoms with Crippen molar-refractivity contribution in [3.63, 3.8) is 0 Å². The summed E-state index contributed by atoms with van der Waals surface area (Å²) in [7, 11) is 0. The summed E-state index contributed by atoms with van der Waals surface area (Å²) in [5.74, 6) is -0.652. The maximum atomic E-state index is 12.7. The van der Waals surface area contributed by atoms with E-state index in [2.05, 4.69) is 15.6 Å². The lowest BCUT2D eigenvalue weighted by molar-refractivity contribution is -0.137. The Morgan fingerprint density at radius 3 is 2.37 bits per heavy atom. The van der Waals surface area contributed by atoms with Gasteiger partial charge in [0.15, 0.2) is 6.61 Å². The van der Waals surface area contributed by atoms with Crippen LogP contribution in [0.2, 0.25) is 10.0 Å². The highest BCUT2D eigenvalue weighted by molar-refractivity contribution is 6.42. The van der Waals surface area contributed by atoms with E-state index in [1.807, 2.05) is 0 Å². The molecule has 2 aromatic rings. The van der Waals surface area contributed by atoms with Crippen LogP contribution in [0.1, 0.15) is 48.2 Å². The highest BCUT2D eigenvalue weighted by Crippen LogP contribution is 2.47. The molecule has 5 rings (SSSR count). The molecule has 0 aliphatic heterocycles. The van der Waals surface area contributed by atoms with Crippen molar-refractivity contribution in [2.75, 3.05) is 6.61 Å². The summed E-state index contributed by atoms with van der Waals surface area (Å²) in [5.41, 5.74) is -2.67. The summed E-state index contributed by atoms with van der Waals surface area (Å²) in [6.07, 6.45) is -2.90. The number of halogens is 5. The predicted octanol–water partition coefficient (Wildman–Crippen LogP) is 4.15. The number of benzene rings is 1. The van der Waals surface area contributed by atoms with Crippen molar-refractivity contribution in [2.24, 2.45) is 0 Å². The van der Waals surface area contributed by atoms with Crippen LogP contribution in [0.15, 0.2) is 36.5 Å². The van der Waals surface area contributed by atoms with Gasteiger partial charge in [-0.15, -0.1) is 0 Å². The Labute approximate surface area is 209 Å². The molecule has 2 amide bonds. The van der Waals surface area contributed by atoms with Gasteiger partial charge in [-0.1, -0.05) is 23.2 Å². The van der Waals surface area contributed by atoms with Gasteiger partial charge in [0.2, 0.25) is 0 Å². The van der Waals surface area contributed by atoms with Crippen LogP contribution >= 0.6 is 23.2 Å². The molecule has 3 fully saturated rings. The third-order valence-corrected chi connectivity index (χ3v) is 7.41. The van der Waals surface area contributed by atoms with Gasteiger partial charge in [0.1, 0.15) is 11.4 Å². The zero-order valence-electron chi connectivity index (χ0n) is 18.3. The molecule has 2 bridgehead atoms. The molecular weight excluding hydrogens is 510 g/mol. The number of amides is 2. The minimum atomic E-state index is -4.54. The van der Waals surface area contributed by atoms with Gasteiger partial charge in [0, 0.05) is 17.8 Å². The number of pyridine rings is 1. The van der Waals surface area contributed by atoms with Crippen LogP contribution in [-0.2, 0) is 11.0 Å². The number of hydrogen-bond acceptors (Lipinski definition) is 5. The van der Waals surface area contributed by atoms with Crippen molar-refractivity contribution in [3.05, 3.63) is 57.8 Å². The molecule has 1 aromatic heterocycles. The number of nitrogens with zero attached hydrogens (tertiary/aromatic N) is 1. The first-order valence-corrected chi connectivity index (χ1v) is 11.6. The number of ether oxygens (including phenoxy) is 1. The molecule has 3 aliphatic carbocycles. The number of carbonyl (C=O) groups is 2. The highest BCUT2D eigenvalue weighted by atomic mass is 35.5. The SMILES string of the molecule is O=C(COc1ccc(Cl)c(Cl)c1)NC12CCC(NC(=O)c3ccc(C(F)(F)F)cn3)(CC1)C[C@@H]2O. The Bertz CT molecular complexity index is 1120. The van der Waals surface area contributed by atoms with E-state index in [0.29, 0.717) is 47.7 Å². The molecule has 0 unspecified atom stereocenters. The Balaban J connectivity index is 1.34. The van der Waals surface area contributed by atoms with E-state index >= 15 is 0 Å². The summed E-state index contributed by atoms with van der Waals surface area (Å²) >= 11 is 11.8. The molecule has 0 spiro atoms. The van der Waals surface area contributed by atoms with Crippen molar-refractivity contribution >= 4 is 35.0 Å². The molecule has 7 nitrogen and oxygen atoms in total. The largest absolute Gasteiger partial charge is 0.484 e. The van der Waals surface area contributed by atoms with Gasteiger partial charge in [0.25, 0.3) is 11.8 Å². The molecule has 35 heavy (non-hydrogen) atoms. The smallest absolute Gasteiger partial charge is 0.417 e. The van der Waals surface area contributed by atoms with Crippen LogP contribution in [0.5, 0.6) is 5.75 Å². The lowest BCUT2D eigenvalue weighted by atomic mass is 9.60. The lowest BCUT2D eigenvalue weighted by Gasteiger charge is -2.56. The molecule has 1 atom stereocenters. The fourth-order valence-corrected chi connectivity index (χ4v) is 4.98. The summed E-state index contributed by atoms with van der Waals surface area (Å²) < 4.78 is 43.7. The molecule has 188 valence electrons. The van der Waals surface area contributed by atoms with E-state index < -0.39 is 40.7 Å². The van der Waals surface area contributed by atoms with E-state index in [1.54, 1.807) is 12.1 Å².